The van der Waals surface area contributed by atoms with Crippen molar-refractivity contribution in [2.75, 3.05) is 13.1 Å². The van der Waals surface area contributed by atoms with Crippen molar-refractivity contribution in [3.8, 4) is 0 Å². The Bertz CT molecular complexity index is 1240. The van der Waals surface area contributed by atoms with E-state index >= 15 is 0 Å². The summed E-state index contributed by atoms with van der Waals surface area (Å²) in [7, 11) is 0. The average Bonchev–Trinajstić information content (AvgIpc) is 3.18. The number of nitrogens with one attached hydrogen (secondary N) is 1. The van der Waals surface area contributed by atoms with Crippen LogP contribution in [-0.2, 0) is 0 Å². The fourth-order valence-electron chi connectivity index (χ4n) is 4.13. The van der Waals surface area contributed by atoms with E-state index < -0.39 is 0 Å². The summed E-state index contributed by atoms with van der Waals surface area (Å²) in [6.07, 6.45) is 5.12. The fraction of sp³-hybridized carbons (Fsp3) is 0.227. The molecule has 3 heterocycles. The van der Waals surface area contributed by atoms with Gasteiger partial charge in [-0.25, -0.2) is 4.98 Å². The molecule has 0 spiro atoms. The number of likely N-dealkylation sites (tertiary alicyclic amines) is 1. The van der Waals surface area contributed by atoms with Crippen molar-refractivity contribution in [3.63, 3.8) is 0 Å². The normalized spacial score (nSPS) is 17.3. The van der Waals surface area contributed by atoms with Gasteiger partial charge in [-0.2, -0.15) is 0 Å². The molecule has 0 radical (unpaired) electrons. The molecule has 1 atom stereocenters. The average molecular weight is 372 g/mol. The summed E-state index contributed by atoms with van der Waals surface area (Å²) in [5.74, 6) is 0.00365. The number of amides is 1. The van der Waals surface area contributed by atoms with E-state index in [1.807, 2.05) is 47.4 Å². The summed E-state index contributed by atoms with van der Waals surface area (Å²) in [6, 6.07) is 15.1. The second-order valence-corrected chi connectivity index (χ2v) is 7.27. The number of H-pyrrole nitrogens is 1. The van der Waals surface area contributed by atoms with E-state index in [-0.39, 0.29) is 17.5 Å². The zero-order valence-electron chi connectivity index (χ0n) is 15.3. The lowest BCUT2D eigenvalue weighted by atomic mass is 10.0. The summed E-state index contributed by atoms with van der Waals surface area (Å²) < 4.78 is 1.69. The molecule has 1 amide bonds. The maximum absolute atomic E-state index is 13.2. The first-order valence-electron chi connectivity index (χ1n) is 9.53. The molecule has 1 aliphatic rings. The highest BCUT2D eigenvalue weighted by Gasteiger charge is 2.27. The number of fused-ring (bicyclic) bond motifs is 2. The summed E-state index contributed by atoms with van der Waals surface area (Å²) in [5.41, 5.74) is 2.29. The van der Waals surface area contributed by atoms with Gasteiger partial charge in [0, 0.05) is 30.2 Å². The summed E-state index contributed by atoms with van der Waals surface area (Å²) in [6.45, 7) is 1.21. The molecule has 1 saturated heterocycles. The molecule has 1 N–H and O–H groups in total. The molecule has 0 unspecified atom stereocenters. The SMILES string of the molecule is O=C(c1c[nH]c2ccccc12)N1CCC[C@H](n2cnc3ccccc3c2=O)C1. The van der Waals surface area contributed by atoms with Crippen LogP contribution >= 0.6 is 0 Å². The molecule has 0 aliphatic carbocycles. The van der Waals surface area contributed by atoms with Crippen molar-refractivity contribution in [1.29, 1.82) is 0 Å². The molecule has 1 fully saturated rings. The van der Waals surface area contributed by atoms with Crippen molar-refractivity contribution >= 4 is 27.7 Å². The number of nitrogens with zero attached hydrogens (tertiary/aromatic N) is 3. The third kappa shape index (κ3) is 2.69. The Kier molecular flexibility index (Phi) is 3.97. The highest BCUT2D eigenvalue weighted by molar-refractivity contribution is 6.06. The van der Waals surface area contributed by atoms with Gasteiger partial charge in [0.25, 0.3) is 11.5 Å². The van der Waals surface area contributed by atoms with Gasteiger partial charge in [0.2, 0.25) is 0 Å². The first-order valence-corrected chi connectivity index (χ1v) is 9.53. The van der Waals surface area contributed by atoms with Crippen molar-refractivity contribution in [2.45, 2.75) is 18.9 Å². The number of aromatic nitrogens is 3. The molecule has 2 aromatic carbocycles. The van der Waals surface area contributed by atoms with Gasteiger partial charge in [0.1, 0.15) is 0 Å². The lowest BCUT2D eigenvalue weighted by Gasteiger charge is -2.33. The van der Waals surface area contributed by atoms with Crippen molar-refractivity contribution in [2.24, 2.45) is 0 Å². The predicted molar refractivity (Wildman–Crippen MR) is 108 cm³/mol. The lowest BCUT2D eigenvalue weighted by molar-refractivity contribution is 0.0679. The molecule has 140 valence electrons. The van der Waals surface area contributed by atoms with Crippen LogP contribution in [0.3, 0.4) is 0 Å². The van der Waals surface area contributed by atoms with E-state index in [9.17, 15) is 9.59 Å². The highest BCUT2D eigenvalue weighted by Crippen LogP contribution is 2.25. The second kappa shape index (κ2) is 6.64. The molecule has 2 aromatic heterocycles. The third-order valence-corrected chi connectivity index (χ3v) is 5.59. The van der Waals surface area contributed by atoms with Crippen LogP contribution in [0.2, 0.25) is 0 Å². The largest absolute Gasteiger partial charge is 0.360 e. The number of piperidine rings is 1. The Labute approximate surface area is 161 Å². The van der Waals surface area contributed by atoms with E-state index in [0.29, 0.717) is 29.6 Å². The van der Waals surface area contributed by atoms with Gasteiger partial charge < -0.3 is 9.88 Å². The molecule has 1 aliphatic heterocycles. The molecule has 6 nitrogen and oxygen atoms in total. The van der Waals surface area contributed by atoms with Crippen molar-refractivity contribution < 1.29 is 4.79 Å². The van der Waals surface area contributed by atoms with Crippen molar-refractivity contribution in [3.05, 3.63) is 77.0 Å². The zero-order chi connectivity index (χ0) is 19.1. The second-order valence-electron chi connectivity index (χ2n) is 7.27. The Morgan fingerprint density at radius 2 is 1.86 bits per heavy atom. The van der Waals surface area contributed by atoms with Crippen LogP contribution in [0, 0.1) is 0 Å². The molecule has 0 bridgehead atoms. The lowest BCUT2D eigenvalue weighted by Crippen LogP contribution is -2.42. The minimum Gasteiger partial charge on any atom is -0.360 e. The summed E-state index contributed by atoms with van der Waals surface area (Å²) >= 11 is 0. The number of hydrogen-bond donors (Lipinski definition) is 1. The van der Waals surface area contributed by atoms with Crippen molar-refractivity contribution in [1.82, 2.24) is 19.4 Å². The van der Waals surface area contributed by atoms with E-state index in [2.05, 4.69) is 9.97 Å². The van der Waals surface area contributed by atoms with Crippen LogP contribution < -0.4 is 5.56 Å². The van der Waals surface area contributed by atoms with Gasteiger partial charge in [0.15, 0.2) is 0 Å². The first kappa shape index (κ1) is 16.7. The highest BCUT2D eigenvalue weighted by atomic mass is 16.2. The number of benzene rings is 2. The van der Waals surface area contributed by atoms with Crippen LogP contribution in [0.1, 0.15) is 29.2 Å². The Balaban J connectivity index is 1.46. The van der Waals surface area contributed by atoms with Crippen LogP contribution in [0.5, 0.6) is 0 Å². The van der Waals surface area contributed by atoms with Crippen LogP contribution in [0.4, 0.5) is 0 Å². The van der Waals surface area contributed by atoms with E-state index in [1.165, 1.54) is 0 Å². The molecule has 28 heavy (non-hydrogen) atoms. The standard InChI is InChI=1S/C22H20N4O2/c27-21(18-12-23-19-9-3-1-7-16(18)19)25-11-5-6-15(13-25)26-14-24-20-10-4-2-8-17(20)22(26)28/h1-4,7-10,12,14-15,23H,5-6,11,13H2/t15-/m0/s1. The molecular formula is C22H20N4O2. The predicted octanol–water partition coefficient (Wildman–Crippen LogP) is 3.36. The van der Waals surface area contributed by atoms with Gasteiger partial charge in [-0.15, -0.1) is 0 Å². The maximum atomic E-state index is 13.2. The van der Waals surface area contributed by atoms with Crippen LogP contribution in [-0.4, -0.2) is 38.4 Å². The number of hydrogen-bond acceptors (Lipinski definition) is 3. The fourth-order valence-corrected chi connectivity index (χ4v) is 4.13. The summed E-state index contributed by atoms with van der Waals surface area (Å²) in [5, 5.41) is 1.55. The van der Waals surface area contributed by atoms with Gasteiger partial charge in [-0.05, 0) is 31.0 Å². The summed E-state index contributed by atoms with van der Waals surface area (Å²) in [4.78, 5) is 35.5. The van der Waals surface area contributed by atoms with E-state index in [1.54, 1.807) is 23.2 Å². The maximum Gasteiger partial charge on any atom is 0.261 e. The third-order valence-electron chi connectivity index (χ3n) is 5.59. The molecule has 4 aromatic rings. The van der Waals surface area contributed by atoms with Gasteiger partial charge in [0.05, 0.1) is 28.8 Å². The minimum atomic E-state index is -0.0625. The number of carbonyl (C=O) groups is 1. The quantitative estimate of drug-likeness (QED) is 0.587. The van der Waals surface area contributed by atoms with Crippen LogP contribution in [0.15, 0.2) is 65.8 Å². The number of carbonyl (C=O) groups excluding carboxylic acids is 1. The molecule has 5 rings (SSSR count). The van der Waals surface area contributed by atoms with Gasteiger partial charge in [-0.1, -0.05) is 30.3 Å². The zero-order valence-corrected chi connectivity index (χ0v) is 15.3. The van der Waals surface area contributed by atoms with E-state index in [0.717, 1.165) is 23.7 Å². The topological polar surface area (TPSA) is 71.0 Å². The van der Waals surface area contributed by atoms with Gasteiger partial charge in [-0.3, -0.25) is 14.2 Å². The van der Waals surface area contributed by atoms with Crippen LogP contribution in [0.25, 0.3) is 21.8 Å². The molecule has 6 heteroatoms. The number of rotatable bonds is 2. The number of aromatic amines is 1. The Morgan fingerprint density at radius 1 is 1.07 bits per heavy atom. The van der Waals surface area contributed by atoms with Gasteiger partial charge >= 0.3 is 0 Å². The minimum absolute atomic E-state index is 0.00365. The Hall–Kier alpha value is -3.41. The monoisotopic (exact) mass is 372 g/mol. The van der Waals surface area contributed by atoms with E-state index in [4.69, 9.17) is 0 Å². The molecular weight excluding hydrogens is 352 g/mol. The molecule has 0 saturated carbocycles. The first-order chi connectivity index (χ1) is 13.7. The number of para-hydroxylation sites is 2. The smallest absolute Gasteiger partial charge is 0.261 e. The Morgan fingerprint density at radius 3 is 2.75 bits per heavy atom.